The molecule has 1 aromatic carbocycles. The first kappa shape index (κ1) is 16.7. The van der Waals surface area contributed by atoms with Gasteiger partial charge in [-0.3, -0.25) is 0 Å². The van der Waals surface area contributed by atoms with Gasteiger partial charge in [-0.2, -0.15) is 0 Å². The Hall–Kier alpha value is -1.70. The van der Waals surface area contributed by atoms with Gasteiger partial charge in [0.25, 0.3) is 0 Å². The van der Waals surface area contributed by atoms with Crippen LogP contribution in [0.5, 0.6) is 0 Å². The molecule has 120 valence electrons. The molecule has 0 radical (unpaired) electrons. The number of hydrogen-bond donors (Lipinski definition) is 2. The molecule has 0 amide bonds. The first-order valence-corrected chi connectivity index (χ1v) is 8.61. The summed E-state index contributed by atoms with van der Waals surface area (Å²) in [5, 5.41) is 9.44. The molecule has 1 aromatic heterocycles. The van der Waals surface area contributed by atoms with Crippen molar-refractivity contribution < 1.29 is 17.9 Å². The van der Waals surface area contributed by atoms with Crippen LogP contribution in [0.1, 0.15) is 25.7 Å². The third-order valence-corrected chi connectivity index (χ3v) is 4.80. The molecular weight excluding hydrogens is 304 g/mol. The van der Waals surface area contributed by atoms with Crippen molar-refractivity contribution in [2.24, 2.45) is 0 Å². The smallest absolute Gasteiger partial charge is 0.240 e. The van der Waals surface area contributed by atoms with E-state index in [0.717, 1.165) is 5.56 Å². The average molecular weight is 324 g/mol. The van der Waals surface area contributed by atoms with Crippen LogP contribution in [0.4, 0.5) is 0 Å². The van der Waals surface area contributed by atoms with Crippen molar-refractivity contribution in [3.05, 3.63) is 36.4 Å². The maximum Gasteiger partial charge on any atom is 0.240 e. The molecule has 1 heterocycles. The quantitative estimate of drug-likeness (QED) is 0.813. The van der Waals surface area contributed by atoms with Crippen LogP contribution >= 0.6 is 0 Å². The summed E-state index contributed by atoms with van der Waals surface area (Å²) in [6.07, 6.45) is 2.04. The van der Waals surface area contributed by atoms with E-state index >= 15 is 0 Å². The van der Waals surface area contributed by atoms with E-state index in [1.807, 2.05) is 6.92 Å². The molecule has 0 spiro atoms. The zero-order chi connectivity index (χ0) is 16.2. The van der Waals surface area contributed by atoms with Gasteiger partial charge in [-0.25, -0.2) is 18.1 Å². The Labute approximate surface area is 130 Å². The lowest BCUT2D eigenvalue weighted by molar-refractivity contribution is 0.162. The third kappa shape index (κ3) is 4.16. The number of nitrogens with zero attached hydrogens (tertiary/aromatic N) is 1. The summed E-state index contributed by atoms with van der Waals surface area (Å²) < 4.78 is 31.9. The van der Waals surface area contributed by atoms with E-state index in [9.17, 15) is 13.5 Å². The molecule has 1 atom stereocenters. The molecule has 0 aliphatic heterocycles. The van der Waals surface area contributed by atoms with Gasteiger partial charge < -0.3 is 9.52 Å². The molecule has 0 aliphatic carbocycles. The third-order valence-electron chi connectivity index (χ3n) is 3.32. The second-order valence-electron chi connectivity index (χ2n) is 5.02. The second-order valence-corrected chi connectivity index (χ2v) is 6.79. The highest BCUT2D eigenvalue weighted by Gasteiger charge is 2.14. The molecule has 0 fully saturated rings. The lowest BCUT2D eigenvalue weighted by atomic mass is 10.2. The summed E-state index contributed by atoms with van der Waals surface area (Å²) in [7, 11) is -3.56. The molecule has 2 rings (SSSR count). The lowest BCUT2D eigenvalue weighted by Crippen LogP contribution is -2.27. The van der Waals surface area contributed by atoms with E-state index in [1.54, 1.807) is 19.1 Å². The molecule has 7 heteroatoms. The zero-order valence-electron chi connectivity index (χ0n) is 12.6. The molecule has 2 aromatic rings. The largest absolute Gasteiger partial charge is 0.449 e. The molecule has 1 unspecified atom stereocenters. The summed E-state index contributed by atoms with van der Waals surface area (Å²) >= 11 is 0. The number of oxazole rings is 1. The van der Waals surface area contributed by atoms with Gasteiger partial charge in [0, 0.05) is 19.0 Å². The van der Waals surface area contributed by atoms with Crippen molar-refractivity contribution >= 4 is 10.0 Å². The Morgan fingerprint density at radius 3 is 2.55 bits per heavy atom. The van der Waals surface area contributed by atoms with Gasteiger partial charge >= 0.3 is 0 Å². The number of benzene rings is 1. The first-order valence-electron chi connectivity index (χ1n) is 7.12. The topological polar surface area (TPSA) is 92.4 Å². The van der Waals surface area contributed by atoms with E-state index in [2.05, 4.69) is 9.71 Å². The van der Waals surface area contributed by atoms with Crippen molar-refractivity contribution in [2.75, 3.05) is 6.54 Å². The summed E-state index contributed by atoms with van der Waals surface area (Å²) in [5.41, 5.74) is 1.46. The normalized spacial score (nSPS) is 13.2. The fraction of sp³-hybridized carbons (Fsp3) is 0.400. The minimum Gasteiger partial charge on any atom is -0.449 e. The van der Waals surface area contributed by atoms with Crippen LogP contribution < -0.4 is 4.72 Å². The van der Waals surface area contributed by atoms with Gasteiger partial charge in [-0.05, 0) is 25.0 Å². The fourth-order valence-corrected chi connectivity index (χ4v) is 3.00. The SMILES string of the molecule is CCC(O)CCNS(=O)(=O)c1ccc(-c2coc(C)n2)cc1. The van der Waals surface area contributed by atoms with Gasteiger partial charge in [0.1, 0.15) is 12.0 Å². The number of nitrogens with one attached hydrogen (secondary N) is 1. The summed E-state index contributed by atoms with van der Waals surface area (Å²) in [6, 6.07) is 6.43. The summed E-state index contributed by atoms with van der Waals surface area (Å²) in [6.45, 7) is 3.81. The zero-order valence-corrected chi connectivity index (χ0v) is 13.4. The molecule has 0 saturated heterocycles. The number of aliphatic hydroxyl groups excluding tert-OH is 1. The van der Waals surface area contributed by atoms with Crippen molar-refractivity contribution in [1.82, 2.24) is 9.71 Å². The molecule has 2 N–H and O–H groups in total. The van der Waals surface area contributed by atoms with Gasteiger partial charge in [-0.1, -0.05) is 19.1 Å². The molecular formula is C15H20N2O4S. The van der Waals surface area contributed by atoms with Crippen LogP contribution in [0.3, 0.4) is 0 Å². The number of aromatic nitrogens is 1. The number of rotatable bonds is 7. The summed E-state index contributed by atoms with van der Waals surface area (Å²) in [4.78, 5) is 4.37. The number of sulfonamides is 1. The number of aryl methyl sites for hydroxylation is 1. The standard InChI is InChI=1S/C15H20N2O4S/c1-3-13(18)8-9-16-22(19,20)14-6-4-12(5-7-14)15-10-21-11(2)17-15/h4-7,10,13,16,18H,3,8-9H2,1-2H3. The van der Waals surface area contributed by atoms with E-state index in [1.165, 1.54) is 18.4 Å². The van der Waals surface area contributed by atoms with E-state index in [0.29, 0.717) is 24.4 Å². The monoisotopic (exact) mass is 324 g/mol. The molecule has 6 nitrogen and oxygen atoms in total. The van der Waals surface area contributed by atoms with Crippen LogP contribution in [0.25, 0.3) is 11.3 Å². The number of hydrogen-bond acceptors (Lipinski definition) is 5. The van der Waals surface area contributed by atoms with Gasteiger partial charge in [-0.15, -0.1) is 0 Å². The Balaban J connectivity index is 2.05. The van der Waals surface area contributed by atoms with E-state index in [4.69, 9.17) is 4.42 Å². The van der Waals surface area contributed by atoms with Crippen molar-refractivity contribution in [3.63, 3.8) is 0 Å². The molecule has 0 bridgehead atoms. The van der Waals surface area contributed by atoms with Crippen LogP contribution in [0.2, 0.25) is 0 Å². The van der Waals surface area contributed by atoms with Crippen LogP contribution in [0.15, 0.2) is 39.8 Å². The minimum atomic E-state index is -3.56. The Morgan fingerprint density at radius 1 is 1.32 bits per heavy atom. The van der Waals surface area contributed by atoms with E-state index < -0.39 is 16.1 Å². The fourth-order valence-electron chi connectivity index (χ4n) is 1.95. The maximum atomic E-state index is 12.1. The van der Waals surface area contributed by atoms with Crippen molar-refractivity contribution in [2.45, 2.75) is 37.7 Å². The number of aliphatic hydroxyl groups is 1. The molecule has 0 aliphatic rings. The Morgan fingerprint density at radius 2 is 2.00 bits per heavy atom. The lowest BCUT2D eigenvalue weighted by Gasteiger charge is -2.09. The Kier molecular flexibility index (Phi) is 5.33. The summed E-state index contributed by atoms with van der Waals surface area (Å²) in [5.74, 6) is 0.558. The predicted molar refractivity (Wildman–Crippen MR) is 82.8 cm³/mol. The highest BCUT2D eigenvalue weighted by Crippen LogP contribution is 2.20. The second kappa shape index (κ2) is 7.04. The predicted octanol–water partition coefficient (Wildman–Crippen LogP) is 2.09. The maximum absolute atomic E-state index is 12.1. The van der Waals surface area contributed by atoms with Crippen molar-refractivity contribution in [1.29, 1.82) is 0 Å². The average Bonchev–Trinajstić information content (AvgIpc) is 2.93. The minimum absolute atomic E-state index is 0.183. The van der Waals surface area contributed by atoms with Gasteiger partial charge in [0.2, 0.25) is 10.0 Å². The van der Waals surface area contributed by atoms with E-state index in [-0.39, 0.29) is 11.4 Å². The Bertz CT molecular complexity index is 707. The highest BCUT2D eigenvalue weighted by atomic mass is 32.2. The molecule has 0 saturated carbocycles. The van der Waals surface area contributed by atoms with Gasteiger partial charge in [0.05, 0.1) is 11.0 Å². The highest BCUT2D eigenvalue weighted by molar-refractivity contribution is 7.89. The van der Waals surface area contributed by atoms with Crippen LogP contribution in [-0.4, -0.2) is 31.2 Å². The van der Waals surface area contributed by atoms with Gasteiger partial charge in [0.15, 0.2) is 5.89 Å². The van der Waals surface area contributed by atoms with Crippen LogP contribution in [0, 0.1) is 6.92 Å². The van der Waals surface area contributed by atoms with Crippen LogP contribution in [-0.2, 0) is 10.0 Å². The molecule has 22 heavy (non-hydrogen) atoms. The first-order chi connectivity index (χ1) is 10.4. The van der Waals surface area contributed by atoms with Crippen molar-refractivity contribution in [3.8, 4) is 11.3 Å².